The number of carbonyl (C=O) groups is 1. The summed E-state index contributed by atoms with van der Waals surface area (Å²) < 4.78 is 10.5. The first kappa shape index (κ1) is 16.5. The zero-order chi connectivity index (χ0) is 15.0. The van der Waals surface area contributed by atoms with E-state index in [1.807, 2.05) is 20.8 Å². The maximum Gasteiger partial charge on any atom is 0.373 e. The van der Waals surface area contributed by atoms with Crippen LogP contribution in [0.15, 0.2) is 24.3 Å². The smallest absolute Gasteiger partial charge is 0.373 e. The van der Waals surface area contributed by atoms with Crippen LogP contribution in [0.2, 0.25) is 0 Å². The van der Waals surface area contributed by atoms with E-state index in [2.05, 4.69) is 4.89 Å². The predicted octanol–water partition coefficient (Wildman–Crippen LogP) is 3.15. The van der Waals surface area contributed by atoms with Crippen molar-refractivity contribution in [2.45, 2.75) is 39.4 Å². The quantitative estimate of drug-likeness (QED) is 0.416. The van der Waals surface area contributed by atoms with Crippen LogP contribution in [0.3, 0.4) is 0 Å². The molecule has 111 valence electrons. The first-order valence-corrected chi connectivity index (χ1v) is 6.51. The predicted molar refractivity (Wildman–Crippen MR) is 74.1 cm³/mol. The Bertz CT molecular complexity index is 399. The Labute approximate surface area is 119 Å². The van der Waals surface area contributed by atoms with E-state index in [1.165, 1.54) is 6.61 Å². The fraction of sp³-hybridized carbons (Fsp3) is 0.467. The van der Waals surface area contributed by atoms with Crippen LogP contribution in [0, 0.1) is 6.61 Å². The molecule has 5 nitrogen and oxygen atoms in total. The molecule has 1 radical (unpaired) electrons. The SMILES string of the molecule is COC(C)C[CH]OOC(=O)c1ccc(OC(C)C)cc1. The molecule has 5 heteroatoms. The number of hydrogen-bond donors (Lipinski definition) is 0. The first-order valence-electron chi connectivity index (χ1n) is 6.51. The van der Waals surface area contributed by atoms with Crippen molar-refractivity contribution in [1.82, 2.24) is 0 Å². The van der Waals surface area contributed by atoms with Gasteiger partial charge in [-0.05, 0) is 45.0 Å². The van der Waals surface area contributed by atoms with Gasteiger partial charge >= 0.3 is 5.97 Å². The highest BCUT2D eigenvalue weighted by atomic mass is 17.2. The molecular weight excluding hydrogens is 260 g/mol. The van der Waals surface area contributed by atoms with Crippen molar-refractivity contribution in [2.75, 3.05) is 7.11 Å². The molecule has 0 fully saturated rings. The van der Waals surface area contributed by atoms with Crippen molar-refractivity contribution >= 4 is 5.97 Å². The molecule has 1 unspecified atom stereocenters. The molecule has 0 N–H and O–H groups in total. The summed E-state index contributed by atoms with van der Waals surface area (Å²) in [5, 5.41) is 0. The largest absolute Gasteiger partial charge is 0.491 e. The van der Waals surface area contributed by atoms with Gasteiger partial charge in [-0.25, -0.2) is 4.79 Å². The van der Waals surface area contributed by atoms with Crippen LogP contribution in [0.5, 0.6) is 5.75 Å². The number of hydrogen-bond acceptors (Lipinski definition) is 5. The van der Waals surface area contributed by atoms with Crippen LogP contribution in [-0.4, -0.2) is 25.3 Å². The van der Waals surface area contributed by atoms with Gasteiger partial charge in [0.25, 0.3) is 0 Å². The lowest BCUT2D eigenvalue weighted by Gasteiger charge is -2.10. The molecule has 20 heavy (non-hydrogen) atoms. The van der Waals surface area contributed by atoms with Gasteiger partial charge in [0, 0.05) is 13.5 Å². The summed E-state index contributed by atoms with van der Waals surface area (Å²) in [6, 6.07) is 6.68. The van der Waals surface area contributed by atoms with E-state index in [0.29, 0.717) is 17.7 Å². The lowest BCUT2D eigenvalue weighted by atomic mass is 10.2. The molecule has 0 bridgehead atoms. The highest BCUT2D eigenvalue weighted by Gasteiger charge is 2.09. The topological polar surface area (TPSA) is 54.0 Å². The van der Waals surface area contributed by atoms with Gasteiger partial charge in [0.05, 0.1) is 17.8 Å². The molecule has 0 aliphatic rings. The Balaban J connectivity index is 2.36. The second-order valence-electron chi connectivity index (χ2n) is 4.61. The molecule has 0 amide bonds. The molecule has 0 spiro atoms. The Hall–Kier alpha value is -1.59. The van der Waals surface area contributed by atoms with Gasteiger partial charge in [-0.15, -0.1) is 0 Å². The van der Waals surface area contributed by atoms with E-state index in [1.54, 1.807) is 31.4 Å². The minimum atomic E-state index is -0.553. The van der Waals surface area contributed by atoms with Crippen LogP contribution < -0.4 is 4.74 Å². The average Bonchev–Trinajstić information content (AvgIpc) is 2.43. The molecule has 0 aliphatic heterocycles. The maximum atomic E-state index is 11.7. The molecule has 0 saturated carbocycles. The molecule has 1 aromatic rings. The van der Waals surface area contributed by atoms with Gasteiger partial charge in [-0.3, -0.25) is 4.89 Å². The molecule has 0 aliphatic carbocycles. The third-order valence-electron chi connectivity index (χ3n) is 2.48. The summed E-state index contributed by atoms with van der Waals surface area (Å²) in [6.07, 6.45) is 0.639. The van der Waals surface area contributed by atoms with E-state index in [9.17, 15) is 4.79 Å². The summed E-state index contributed by atoms with van der Waals surface area (Å²) in [6.45, 7) is 7.15. The van der Waals surface area contributed by atoms with Crippen molar-refractivity contribution in [3.8, 4) is 5.75 Å². The van der Waals surface area contributed by atoms with E-state index in [-0.39, 0.29) is 12.2 Å². The molecule has 0 aromatic heterocycles. The molecule has 1 rings (SSSR count). The second kappa shape index (κ2) is 8.55. The van der Waals surface area contributed by atoms with E-state index >= 15 is 0 Å². The normalized spacial score (nSPS) is 12.2. The van der Waals surface area contributed by atoms with Gasteiger partial charge in [0.15, 0.2) is 0 Å². The monoisotopic (exact) mass is 281 g/mol. The van der Waals surface area contributed by atoms with Gasteiger partial charge in [-0.2, -0.15) is 4.89 Å². The Morgan fingerprint density at radius 3 is 2.40 bits per heavy atom. The van der Waals surface area contributed by atoms with Crippen molar-refractivity contribution in [1.29, 1.82) is 0 Å². The number of benzene rings is 1. The van der Waals surface area contributed by atoms with Crippen LogP contribution in [0.1, 0.15) is 37.6 Å². The molecule has 0 saturated heterocycles. The first-order chi connectivity index (χ1) is 9.52. The number of ether oxygens (including phenoxy) is 2. The molecule has 1 atom stereocenters. The highest BCUT2D eigenvalue weighted by molar-refractivity contribution is 5.89. The number of methoxy groups -OCH3 is 1. The molecular formula is C15H21O5. The van der Waals surface area contributed by atoms with E-state index in [0.717, 1.165) is 0 Å². The van der Waals surface area contributed by atoms with Crippen molar-refractivity contribution in [2.24, 2.45) is 0 Å². The van der Waals surface area contributed by atoms with E-state index in [4.69, 9.17) is 14.4 Å². The molecule has 0 heterocycles. The lowest BCUT2D eigenvalue weighted by Crippen LogP contribution is -2.09. The van der Waals surface area contributed by atoms with Crippen molar-refractivity contribution in [3.05, 3.63) is 36.4 Å². The molecule has 1 aromatic carbocycles. The fourth-order valence-corrected chi connectivity index (χ4v) is 1.34. The third-order valence-corrected chi connectivity index (χ3v) is 2.48. The number of rotatable bonds is 8. The third kappa shape index (κ3) is 6.04. The van der Waals surface area contributed by atoms with E-state index < -0.39 is 5.97 Å². The minimum Gasteiger partial charge on any atom is -0.491 e. The van der Waals surface area contributed by atoms with Crippen molar-refractivity contribution < 1.29 is 24.0 Å². The van der Waals surface area contributed by atoms with Crippen LogP contribution in [-0.2, 0) is 14.5 Å². The minimum absolute atomic E-state index is 0.0150. The Morgan fingerprint density at radius 2 is 1.85 bits per heavy atom. The summed E-state index contributed by atoms with van der Waals surface area (Å²) >= 11 is 0. The summed E-state index contributed by atoms with van der Waals surface area (Å²) in [4.78, 5) is 21.0. The maximum absolute atomic E-state index is 11.7. The summed E-state index contributed by atoms with van der Waals surface area (Å²) in [7, 11) is 1.60. The second-order valence-corrected chi connectivity index (χ2v) is 4.61. The zero-order valence-corrected chi connectivity index (χ0v) is 12.3. The van der Waals surface area contributed by atoms with Crippen molar-refractivity contribution in [3.63, 3.8) is 0 Å². The average molecular weight is 281 g/mol. The fourth-order valence-electron chi connectivity index (χ4n) is 1.34. The van der Waals surface area contributed by atoms with Crippen LogP contribution in [0.4, 0.5) is 0 Å². The Kier molecular flexibility index (Phi) is 7.04. The zero-order valence-electron chi connectivity index (χ0n) is 12.3. The van der Waals surface area contributed by atoms with Crippen LogP contribution >= 0.6 is 0 Å². The summed E-state index contributed by atoms with van der Waals surface area (Å²) in [5.41, 5.74) is 0.397. The van der Waals surface area contributed by atoms with Gasteiger partial charge in [0.2, 0.25) is 0 Å². The van der Waals surface area contributed by atoms with Crippen LogP contribution in [0.25, 0.3) is 0 Å². The van der Waals surface area contributed by atoms with Gasteiger partial charge in [-0.1, -0.05) is 0 Å². The highest BCUT2D eigenvalue weighted by Crippen LogP contribution is 2.14. The lowest BCUT2D eigenvalue weighted by molar-refractivity contribution is -0.215. The standard InChI is InChI=1S/C15H21O5/c1-11(2)19-14-7-5-13(6-8-14)15(16)20-18-10-9-12(3)17-4/h5-8,10-12H,9H2,1-4H3. The number of carbonyl (C=O) groups excluding carboxylic acids is 1. The summed E-state index contributed by atoms with van der Waals surface area (Å²) in [5.74, 6) is 0.153. The Morgan fingerprint density at radius 1 is 1.20 bits per heavy atom. The van der Waals surface area contributed by atoms with Gasteiger partial charge in [0.1, 0.15) is 12.4 Å². The van der Waals surface area contributed by atoms with Gasteiger partial charge < -0.3 is 9.47 Å².